The summed E-state index contributed by atoms with van der Waals surface area (Å²) in [6, 6.07) is 0.530. The first-order valence-electron chi connectivity index (χ1n) is 5.90. The van der Waals surface area contributed by atoms with Gasteiger partial charge < -0.3 is 5.32 Å². The lowest BCUT2D eigenvalue weighted by Crippen LogP contribution is -2.15. The number of aryl methyl sites for hydroxylation is 2. The molecule has 0 radical (unpaired) electrons. The Morgan fingerprint density at radius 2 is 2.00 bits per heavy atom. The molecule has 0 saturated heterocycles. The van der Waals surface area contributed by atoms with E-state index in [9.17, 15) is 0 Å². The van der Waals surface area contributed by atoms with Crippen LogP contribution in [-0.4, -0.2) is 15.8 Å². The average Bonchev–Trinajstić information content (AvgIpc) is 2.45. The van der Waals surface area contributed by atoms with Crippen LogP contribution in [0.5, 0.6) is 0 Å². The van der Waals surface area contributed by atoms with Gasteiger partial charge in [0.2, 0.25) is 0 Å². The van der Waals surface area contributed by atoms with E-state index in [-0.39, 0.29) is 0 Å². The molecule has 1 heterocycles. The molecule has 86 valence electrons. The van der Waals surface area contributed by atoms with E-state index in [1.807, 2.05) is 0 Å². The number of hydrogen-bond acceptors (Lipinski definition) is 2. The van der Waals surface area contributed by atoms with Crippen LogP contribution in [0, 0.1) is 13.8 Å². The van der Waals surface area contributed by atoms with Crippen LogP contribution in [-0.2, 0) is 6.54 Å². The summed E-state index contributed by atoms with van der Waals surface area (Å²) in [5.41, 5.74) is 3.58. The SMILES string of the molecule is CCCC(C)Nc1c(C)nn(CC)c1C. The molecule has 3 nitrogen and oxygen atoms in total. The molecular formula is C12H23N3. The predicted octanol–water partition coefficient (Wildman–Crippen LogP) is 3.12. The summed E-state index contributed by atoms with van der Waals surface area (Å²) in [4.78, 5) is 0. The van der Waals surface area contributed by atoms with Gasteiger partial charge in [0.05, 0.1) is 17.1 Å². The summed E-state index contributed by atoms with van der Waals surface area (Å²) in [5, 5.41) is 8.05. The highest BCUT2D eigenvalue weighted by Gasteiger charge is 2.11. The summed E-state index contributed by atoms with van der Waals surface area (Å²) in [7, 11) is 0. The van der Waals surface area contributed by atoms with E-state index in [4.69, 9.17) is 0 Å². The van der Waals surface area contributed by atoms with Crippen LogP contribution < -0.4 is 5.32 Å². The number of rotatable bonds is 5. The van der Waals surface area contributed by atoms with Crippen LogP contribution in [0.4, 0.5) is 5.69 Å². The van der Waals surface area contributed by atoms with Gasteiger partial charge in [-0.3, -0.25) is 4.68 Å². The van der Waals surface area contributed by atoms with Crippen molar-refractivity contribution in [1.82, 2.24) is 9.78 Å². The molecule has 1 N–H and O–H groups in total. The molecule has 0 aliphatic rings. The highest BCUT2D eigenvalue weighted by molar-refractivity contribution is 5.52. The topological polar surface area (TPSA) is 29.9 Å². The molecule has 1 unspecified atom stereocenters. The van der Waals surface area contributed by atoms with Crippen LogP contribution in [0.2, 0.25) is 0 Å². The molecule has 0 amide bonds. The summed E-state index contributed by atoms with van der Waals surface area (Å²) in [5.74, 6) is 0. The predicted molar refractivity (Wildman–Crippen MR) is 65.4 cm³/mol. The minimum Gasteiger partial charge on any atom is -0.380 e. The van der Waals surface area contributed by atoms with Crippen molar-refractivity contribution in [3.05, 3.63) is 11.4 Å². The van der Waals surface area contributed by atoms with Gasteiger partial charge in [0.25, 0.3) is 0 Å². The molecule has 1 rings (SSSR count). The molecular weight excluding hydrogens is 186 g/mol. The quantitative estimate of drug-likeness (QED) is 0.807. The normalized spacial score (nSPS) is 12.9. The van der Waals surface area contributed by atoms with Crippen molar-refractivity contribution in [2.24, 2.45) is 0 Å². The van der Waals surface area contributed by atoms with E-state index in [2.05, 4.69) is 49.7 Å². The van der Waals surface area contributed by atoms with E-state index in [1.54, 1.807) is 0 Å². The van der Waals surface area contributed by atoms with Gasteiger partial charge in [-0.2, -0.15) is 5.10 Å². The first kappa shape index (κ1) is 12.1. The number of anilines is 1. The van der Waals surface area contributed by atoms with Crippen molar-refractivity contribution in [2.45, 2.75) is 60.0 Å². The molecule has 0 bridgehead atoms. The lowest BCUT2D eigenvalue weighted by atomic mass is 10.2. The maximum Gasteiger partial charge on any atom is 0.0828 e. The maximum atomic E-state index is 4.50. The van der Waals surface area contributed by atoms with Crippen molar-refractivity contribution in [2.75, 3.05) is 5.32 Å². The first-order valence-corrected chi connectivity index (χ1v) is 5.90. The Kier molecular flexibility index (Phi) is 4.18. The van der Waals surface area contributed by atoms with Gasteiger partial charge in [0.15, 0.2) is 0 Å². The summed E-state index contributed by atoms with van der Waals surface area (Å²) < 4.78 is 2.05. The van der Waals surface area contributed by atoms with Gasteiger partial charge >= 0.3 is 0 Å². The number of hydrogen-bond donors (Lipinski definition) is 1. The molecule has 15 heavy (non-hydrogen) atoms. The summed E-state index contributed by atoms with van der Waals surface area (Å²) >= 11 is 0. The fraction of sp³-hybridized carbons (Fsp3) is 0.750. The van der Waals surface area contributed by atoms with Crippen LogP contribution in [0.15, 0.2) is 0 Å². The largest absolute Gasteiger partial charge is 0.380 e. The molecule has 0 aromatic carbocycles. The lowest BCUT2D eigenvalue weighted by molar-refractivity contribution is 0.634. The zero-order chi connectivity index (χ0) is 11.4. The van der Waals surface area contributed by atoms with Crippen LogP contribution in [0.3, 0.4) is 0 Å². The van der Waals surface area contributed by atoms with Crippen molar-refractivity contribution >= 4 is 5.69 Å². The highest BCUT2D eigenvalue weighted by atomic mass is 15.3. The van der Waals surface area contributed by atoms with Crippen LogP contribution in [0.25, 0.3) is 0 Å². The second-order valence-electron chi connectivity index (χ2n) is 4.20. The van der Waals surface area contributed by atoms with E-state index in [0.29, 0.717) is 6.04 Å². The standard InChI is InChI=1S/C12H23N3/c1-6-8-9(3)13-12-10(4)14-15(7-2)11(12)5/h9,13H,6-8H2,1-5H3. The Balaban J connectivity index is 2.80. The van der Waals surface area contributed by atoms with Crippen molar-refractivity contribution < 1.29 is 0 Å². The minimum atomic E-state index is 0.530. The Hall–Kier alpha value is -0.990. The molecule has 1 atom stereocenters. The molecule has 0 spiro atoms. The Bertz CT molecular complexity index is 315. The number of aromatic nitrogens is 2. The number of nitrogens with zero attached hydrogens (tertiary/aromatic N) is 2. The first-order chi connectivity index (χ1) is 7.10. The lowest BCUT2D eigenvalue weighted by Gasteiger charge is -2.14. The van der Waals surface area contributed by atoms with Crippen LogP contribution in [0.1, 0.15) is 45.0 Å². The Morgan fingerprint density at radius 1 is 1.33 bits per heavy atom. The van der Waals surface area contributed by atoms with E-state index >= 15 is 0 Å². The Morgan fingerprint density at radius 3 is 2.47 bits per heavy atom. The molecule has 3 heteroatoms. The molecule has 0 aliphatic carbocycles. The number of nitrogens with one attached hydrogen (secondary N) is 1. The molecule has 0 aliphatic heterocycles. The molecule has 0 saturated carbocycles. The monoisotopic (exact) mass is 209 g/mol. The second kappa shape index (κ2) is 5.19. The van der Waals surface area contributed by atoms with Gasteiger partial charge in [-0.1, -0.05) is 13.3 Å². The third-order valence-corrected chi connectivity index (χ3v) is 2.79. The molecule has 1 aromatic heterocycles. The van der Waals surface area contributed by atoms with Crippen molar-refractivity contribution in [1.29, 1.82) is 0 Å². The Labute approximate surface area is 92.9 Å². The van der Waals surface area contributed by atoms with Crippen molar-refractivity contribution in [3.8, 4) is 0 Å². The van der Waals surface area contributed by atoms with Gasteiger partial charge in [0.1, 0.15) is 0 Å². The average molecular weight is 209 g/mol. The van der Waals surface area contributed by atoms with E-state index in [0.717, 1.165) is 12.2 Å². The van der Waals surface area contributed by atoms with Gasteiger partial charge in [-0.05, 0) is 34.1 Å². The minimum absolute atomic E-state index is 0.530. The third kappa shape index (κ3) is 2.74. The molecule has 1 aromatic rings. The molecule has 0 fully saturated rings. The smallest absolute Gasteiger partial charge is 0.0828 e. The third-order valence-electron chi connectivity index (χ3n) is 2.79. The summed E-state index contributed by atoms with van der Waals surface area (Å²) in [6.45, 7) is 11.7. The van der Waals surface area contributed by atoms with Crippen molar-refractivity contribution in [3.63, 3.8) is 0 Å². The van der Waals surface area contributed by atoms with Gasteiger partial charge in [0, 0.05) is 12.6 Å². The van der Waals surface area contributed by atoms with E-state index < -0.39 is 0 Å². The van der Waals surface area contributed by atoms with Gasteiger partial charge in [-0.25, -0.2) is 0 Å². The van der Waals surface area contributed by atoms with E-state index in [1.165, 1.54) is 24.2 Å². The zero-order valence-electron chi connectivity index (χ0n) is 10.6. The summed E-state index contributed by atoms with van der Waals surface area (Å²) in [6.07, 6.45) is 2.42. The maximum absolute atomic E-state index is 4.50. The zero-order valence-corrected chi connectivity index (χ0v) is 10.6. The van der Waals surface area contributed by atoms with Gasteiger partial charge in [-0.15, -0.1) is 0 Å². The second-order valence-corrected chi connectivity index (χ2v) is 4.20. The van der Waals surface area contributed by atoms with Crippen LogP contribution >= 0.6 is 0 Å². The fourth-order valence-electron chi connectivity index (χ4n) is 1.97. The highest BCUT2D eigenvalue weighted by Crippen LogP contribution is 2.20. The fourth-order valence-corrected chi connectivity index (χ4v) is 1.97.